The highest BCUT2D eigenvalue weighted by molar-refractivity contribution is 7.99. The number of hydrogen-bond acceptors (Lipinski definition) is 5. The van der Waals surface area contributed by atoms with Gasteiger partial charge in [0.15, 0.2) is 5.50 Å². The molecular formula is C16H17N5S. The van der Waals surface area contributed by atoms with Gasteiger partial charge in [0, 0.05) is 16.5 Å². The summed E-state index contributed by atoms with van der Waals surface area (Å²) in [5.74, 6) is 0. The summed E-state index contributed by atoms with van der Waals surface area (Å²) in [5, 5.41) is 13.3. The average Bonchev–Trinajstić information content (AvgIpc) is 2.49. The van der Waals surface area contributed by atoms with Gasteiger partial charge in [0.2, 0.25) is 0 Å². The number of benzene rings is 1. The molecule has 1 aromatic carbocycles. The number of hydrogen-bond donors (Lipinski definition) is 2. The van der Waals surface area contributed by atoms with Crippen LogP contribution in [0.4, 0.5) is 0 Å². The zero-order valence-corrected chi connectivity index (χ0v) is 13.3. The molecular weight excluding hydrogens is 294 g/mol. The number of aryl methyl sites for hydroxylation is 2. The van der Waals surface area contributed by atoms with Crippen molar-refractivity contribution in [3.8, 4) is 0 Å². The van der Waals surface area contributed by atoms with E-state index in [1.54, 1.807) is 12.1 Å². The Hall–Kier alpha value is -2.18. The molecule has 0 aliphatic carbocycles. The van der Waals surface area contributed by atoms with Crippen molar-refractivity contribution in [2.75, 3.05) is 0 Å². The van der Waals surface area contributed by atoms with Crippen LogP contribution >= 0.6 is 11.8 Å². The van der Waals surface area contributed by atoms with Gasteiger partial charge >= 0.3 is 0 Å². The number of thioether (sulfide) groups is 1. The summed E-state index contributed by atoms with van der Waals surface area (Å²) in [5.41, 5.74) is 8.98. The molecule has 6 heteroatoms. The number of rotatable bonds is 3. The molecule has 2 heterocycles. The number of nitrogens with zero attached hydrogens (tertiary/aromatic N) is 3. The van der Waals surface area contributed by atoms with Crippen LogP contribution < -0.4 is 11.2 Å². The van der Waals surface area contributed by atoms with Gasteiger partial charge in [-0.3, -0.25) is 10.4 Å². The van der Waals surface area contributed by atoms with Gasteiger partial charge in [-0.2, -0.15) is 5.10 Å². The molecule has 0 bridgehead atoms. The van der Waals surface area contributed by atoms with Crippen molar-refractivity contribution < 1.29 is 0 Å². The molecule has 2 aromatic heterocycles. The minimum Gasteiger partial charge on any atom is -0.301 e. The normalized spacial score (nSPS) is 12.5. The third-order valence-electron chi connectivity index (χ3n) is 3.28. The molecule has 0 amide bonds. The van der Waals surface area contributed by atoms with Gasteiger partial charge in [-0.05, 0) is 55.8 Å². The Bertz CT molecular complexity index is 887. The van der Waals surface area contributed by atoms with Crippen LogP contribution in [0, 0.1) is 19.3 Å². The second-order valence-corrected chi connectivity index (χ2v) is 6.37. The maximum Gasteiger partial charge on any atom is 0.153 e. The first-order chi connectivity index (χ1) is 10.5. The molecule has 0 aliphatic rings. The lowest BCUT2D eigenvalue weighted by Gasteiger charge is -2.15. The summed E-state index contributed by atoms with van der Waals surface area (Å²) >= 11 is 1.47. The summed E-state index contributed by atoms with van der Waals surface area (Å²) in [7, 11) is 0. The lowest BCUT2D eigenvalue weighted by atomic mass is 10.2. The maximum absolute atomic E-state index is 7.92. The summed E-state index contributed by atoms with van der Waals surface area (Å²) in [6.45, 7) is 3.91. The molecule has 1 unspecified atom stereocenters. The van der Waals surface area contributed by atoms with Gasteiger partial charge in [0.1, 0.15) is 5.49 Å². The van der Waals surface area contributed by atoms with E-state index in [-0.39, 0.29) is 0 Å². The molecule has 0 saturated heterocycles. The summed E-state index contributed by atoms with van der Waals surface area (Å²) < 4.78 is 1.53. The predicted octanol–water partition coefficient (Wildman–Crippen LogP) is 2.73. The van der Waals surface area contributed by atoms with E-state index in [1.165, 1.54) is 16.4 Å². The van der Waals surface area contributed by atoms with Crippen LogP contribution in [0.5, 0.6) is 0 Å². The van der Waals surface area contributed by atoms with Crippen LogP contribution in [0.2, 0.25) is 0 Å². The first kappa shape index (κ1) is 14.7. The third kappa shape index (κ3) is 3.03. The second kappa shape index (κ2) is 5.90. The Balaban J connectivity index is 1.92. The molecule has 22 heavy (non-hydrogen) atoms. The molecule has 3 N–H and O–H groups in total. The molecule has 112 valence electrons. The van der Waals surface area contributed by atoms with Crippen LogP contribution in [0.15, 0.2) is 47.5 Å². The summed E-state index contributed by atoms with van der Waals surface area (Å²) in [6, 6.07) is 11.7. The maximum atomic E-state index is 7.92. The zero-order valence-electron chi connectivity index (χ0n) is 12.4. The van der Waals surface area contributed by atoms with Crippen molar-refractivity contribution in [1.82, 2.24) is 14.8 Å². The number of fused-ring (bicyclic) bond motifs is 1. The van der Waals surface area contributed by atoms with E-state index in [9.17, 15) is 0 Å². The van der Waals surface area contributed by atoms with Crippen molar-refractivity contribution in [2.45, 2.75) is 24.2 Å². The second-order valence-electron chi connectivity index (χ2n) is 5.18. The first-order valence-electron chi connectivity index (χ1n) is 6.93. The van der Waals surface area contributed by atoms with Crippen molar-refractivity contribution >= 4 is 22.7 Å². The van der Waals surface area contributed by atoms with Gasteiger partial charge in [-0.1, -0.05) is 11.8 Å². The Labute approximate surface area is 132 Å². The van der Waals surface area contributed by atoms with Gasteiger partial charge in [0.05, 0.1) is 11.2 Å². The van der Waals surface area contributed by atoms with Gasteiger partial charge in [-0.15, -0.1) is 0 Å². The monoisotopic (exact) mass is 311 g/mol. The Morgan fingerprint density at radius 3 is 2.82 bits per heavy atom. The van der Waals surface area contributed by atoms with E-state index < -0.39 is 5.50 Å². The van der Waals surface area contributed by atoms with Crippen LogP contribution in [0.25, 0.3) is 10.9 Å². The molecule has 0 spiro atoms. The first-order valence-corrected chi connectivity index (χ1v) is 7.80. The zero-order chi connectivity index (χ0) is 15.7. The quantitative estimate of drug-likeness (QED) is 0.575. The Kier molecular flexibility index (Phi) is 3.96. The van der Waals surface area contributed by atoms with Crippen molar-refractivity contribution in [3.05, 3.63) is 59.3 Å². The minimum absolute atomic E-state index is 0.295. The summed E-state index contributed by atoms with van der Waals surface area (Å²) in [4.78, 5) is 5.43. The van der Waals surface area contributed by atoms with Gasteiger partial charge in [0.25, 0.3) is 0 Å². The van der Waals surface area contributed by atoms with Crippen molar-refractivity contribution in [2.24, 2.45) is 5.73 Å². The number of nitrogens with two attached hydrogens (primary N) is 1. The number of nitrogens with one attached hydrogen (secondary N) is 1. The molecule has 3 rings (SSSR count). The highest BCUT2D eigenvalue weighted by Crippen LogP contribution is 2.28. The Morgan fingerprint density at radius 2 is 2.00 bits per heavy atom. The fraction of sp³-hybridized carbons (Fsp3) is 0.188. The average molecular weight is 311 g/mol. The van der Waals surface area contributed by atoms with Crippen LogP contribution in [-0.2, 0) is 0 Å². The fourth-order valence-electron chi connectivity index (χ4n) is 2.21. The van der Waals surface area contributed by atoms with E-state index in [1.807, 2.05) is 32.2 Å². The molecule has 0 aliphatic heterocycles. The van der Waals surface area contributed by atoms with Gasteiger partial charge < -0.3 is 5.73 Å². The topological polar surface area (TPSA) is 80.6 Å². The number of aromatic nitrogens is 3. The van der Waals surface area contributed by atoms with Crippen LogP contribution in [-0.4, -0.2) is 14.8 Å². The highest BCUT2D eigenvalue weighted by Gasteiger charge is 2.09. The largest absolute Gasteiger partial charge is 0.301 e. The molecule has 0 saturated carbocycles. The van der Waals surface area contributed by atoms with Gasteiger partial charge in [-0.25, -0.2) is 4.68 Å². The van der Waals surface area contributed by atoms with E-state index >= 15 is 0 Å². The predicted molar refractivity (Wildman–Crippen MR) is 88.4 cm³/mol. The smallest absolute Gasteiger partial charge is 0.153 e. The van der Waals surface area contributed by atoms with Crippen LogP contribution in [0.1, 0.15) is 16.8 Å². The van der Waals surface area contributed by atoms with Crippen LogP contribution in [0.3, 0.4) is 0 Å². The highest BCUT2D eigenvalue weighted by atomic mass is 32.2. The van der Waals surface area contributed by atoms with E-state index in [0.717, 1.165) is 27.1 Å². The van der Waals surface area contributed by atoms with Crippen molar-refractivity contribution in [1.29, 1.82) is 5.41 Å². The van der Waals surface area contributed by atoms with E-state index in [4.69, 9.17) is 11.1 Å². The minimum atomic E-state index is -0.442. The molecule has 5 nitrogen and oxygen atoms in total. The molecule has 0 radical (unpaired) electrons. The Morgan fingerprint density at radius 1 is 1.18 bits per heavy atom. The lowest BCUT2D eigenvalue weighted by Crippen LogP contribution is -2.30. The van der Waals surface area contributed by atoms with E-state index in [2.05, 4.69) is 22.2 Å². The summed E-state index contributed by atoms with van der Waals surface area (Å²) in [6.07, 6.45) is 1.86. The number of pyridine rings is 1. The molecule has 3 aromatic rings. The molecule has 1 atom stereocenters. The fourth-order valence-corrected chi connectivity index (χ4v) is 3.09. The van der Waals surface area contributed by atoms with Crippen molar-refractivity contribution in [3.63, 3.8) is 0 Å². The SMILES string of the molecule is Cc1cnc2ccc(SC(N)n3nc(C)ccc3=N)cc2c1. The molecule has 0 fully saturated rings. The standard InChI is InChI=1S/C16H17N5S/c1-10-7-12-8-13(4-5-14(12)19-9-10)22-16(18)21-15(17)6-3-11(2)20-21/h3-9,16-17H,18H2,1-2H3. The lowest BCUT2D eigenvalue weighted by molar-refractivity contribution is 0.558. The van der Waals surface area contributed by atoms with E-state index in [0.29, 0.717) is 5.49 Å². The third-order valence-corrected chi connectivity index (χ3v) is 4.25.